The average molecular weight is 243 g/mol. The van der Waals surface area contributed by atoms with Crippen molar-refractivity contribution in [2.45, 2.75) is 19.8 Å². The molecule has 0 aliphatic carbocycles. The highest BCUT2D eigenvalue weighted by atomic mass is 16.5. The molecule has 4 radical (unpaired) electrons. The van der Waals surface area contributed by atoms with Crippen molar-refractivity contribution in [2.24, 2.45) is 0 Å². The fourth-order valence-corrected chi connectivity index (χ4v) is 1.05. The van der Waals surface area contributed by atoms with E-state index in [2.05, 4.69) is 29.0 Å². The van der Waals surface area contributed by atoms with E-state index in [0.29, 0.717) is 13.2 Å². The zero-order chi connectivity index (χ0) is 13.3. The van der Waals surface area contributed by atoms with E-state index >= 15 is 0 Å². The first-order chi connectivity index (χ1) is 8.91. The standard InChI is InChI=1S/C16H21NO/c1-3-5-7-11-15-18-16-12-9-8-10-14-17-13-6-4-2/h2-3,6,8,10,17H,11-16H2,1H3. The second-order valence-electron chi connectivity index (χ2n) is 3.36. The first kappa shape index (κ1) is 16.7. The quantitative estimate of drug-likeness (QED) is 0.361. The van der Waals surface area contributed by atoms with Crippen LogP contribution in [-0.4, -0.2) is 26.3 Å². The van der Waals surface area contributed by atoms with Gasteiger partial charge in [-0.25, -0.2) is 0 Å². The molecule has 0 saturated heterocycles. The number of rotatable bonds is 10. The molecule has 0 aromatic heterocycles. The summed E-state index contributed by atoms with van der Waals surface area (Å²) in [5, 5.41) is 3.14. The Labute approximate surface area is 112 Å². The molecule has 0 atom stereocenters. The minimum Gasteiger partial charge on any atom is -0.380 e. The van der Waals surface area contributed by atoms with Crippen LogP contribution in [0.1, 0.15) is 19.8 Å². The predicted molar refractivity (Wildman–Crippen MR) is 75.2 cm³/mol. The van der Waals surface area contributed by atoms with Crippen LogP contribution in [0, 0.1) is 37.3 Å². The Morgan fingerprint density at radius 1 is 1.22 bits per heavy atom. The molecule has 0 aliphatic heterocycles. The van der Waals surface area contributed by atoms with Gasteiger partial charge in [-0.1, -0.05) is 18.9 Å². The molecule has 0 aliphatic rings. The Bertz CT molecular complexity index is 303. The second kappa shape index (κ2) is 15.7. The Kier molecular flexibility index (Phi) is 14.6. The van der Waals surface area contributed by atoms with Gasteiger partial charge in [0.1, 0.15) is 0 Å². The fourth-order valence-electron chi connectivity index (χ4n) is 1.05. The van der Waals surface area contributed by atoms with Gasteiger partial charge in [0.2, 0.25) is 0 Å². The molecule has 0 heterocycles. The van der Waals surface area contributed by atoms with Gasteiger partial charge in [0, 0.05) is 25.9 Å². The maximum atomic E-state index is 5.38. The lowest BCUT2D eigenvalue weighted by atomic mass is 10.3. The topological polar surface area (TPSA) is 21.3 Å². The van der Waals surface area contributed by atoms with E-state index < -0.39 is 0 Å². The maximum absolute atomic E-state index is 5.38. The van der Waals surface area contributed by atoms with Gasteiger partial charge in [0.25, 0.3) is 0 Å². The van der Waals surface area contributed by atoms with Crippen molar-refractivity contribution in [3.8, 4) is 11.8 Å². The highest BCUT2D eigenvalue weighted by Gasteiger charge is 1.85. The SMILES string of the molecule is [CH]=C=CCNC[CH]C=[C]CCOCCC#C[CH]C. The smallest absolute Gasteiger partial charge is 0.0575 e. The van der Waals surface area contributed by atoms with Gasteiger partial charge < -0.3 is 10.1 Å². The van der Waals surface area contributed by atoms with Crippen LogP contribution in [0.2, 0.25) is 0 Å². The third kappa shape index (κ3) is 14.7. The van der Waals surface area contributed by atoms with Crippen molar-refractivity contribution in [2.75, 3.05) is 26.3 Å². The van der Waals surface area contributed by atoms with E-state index in [0.717, 1.165) is 25.9 Å². The lowest BCUT2D eigenvalue weighted by Gasteiger charge is -1.98. The zero-order valence-corrected chi connectivity index (χ0v) is 11.0. The number of hydrogen-bond donors (Lipinski definition) is 1. The largest absolute Gasteiger partial charge is 0.380 e. The van der Waals surface area contributed by atoms with Gasteiger partial charge >= 0.3 is 0 Å². The number of nitrogens with one attached hydrogen (secondary N) is 1. The fraction of sp³-hybridized carbons (Fsp3) is 0.438. The molecule has 0 amide bonds. The molecule has 96 valence electrons. The Morgan fingerprint density at radius 3 is 2.83 bits per heavy atom. The summed E-state index contributed by atoms with van der Waals surface area (Å²) in [7, 11) is 0. The average Bonchev–Trinajstić information content (AvgIpc) is 2.39. The van der Waals surface area contributed by atoms with E-state index in [1.807, 2.05) is 25.8 Å². The lowest BCUT2D eigenvalue weighted by Crippen LogP contribution is -2.14. The van der Waals surface area contributed by atoms with E-state index in [4.69, 9.17) is 11.3 Å². The first-order valence-electron chi connectivity index (χ1n) is 6.12. The van der Waals surface area contributed by atoms with Crippen LogP contribution >= 0.6 is 0 Å². The van der Waals surface area contributed by atoms with Crippen molar-refractivity contribution in [3.63, 3.8) is 0 Å². The summed E-state index contributed by atoms with van der Waals surface area (Å²) in [6, 6.07) is 0. The van der Waals surface area contributed by atoms with E-state index in [-0.39, 0.29) is 0 Å². The van der Waals surface area contributed by atoms with E-state index in [1.54, 1.807) is 6.08 Å². The summed E-state index contributed by atoms with van der Waals surface area (Å²) >= 11 is 0. The third-order valence-electron chi connectivity index (χ3n) is 1.87. The number of hydrogen-bond acceptors (Lipinski definition) is 2. The summed E-state index contributed by atoms with van der Waals surface area (Å²) in [4.78, 5) is 0. The van der Waals surface area contributed by atoms with Gasteiger partial charge in [0.15, 0.2) is 0 Å². The van der Waals surface area contributed by atoms with Crippen molar-refractivity contribution < 1.29 is 4.74 Å². The Morgan fingerprint density at radius 2 is 2.06 bits per heavy atom. The highest BCUT2D eigenvalue weighted by molar-refractivity contribution is 5.07. The molecule has 2 nitrogen and oxygen atoms in total. The van der Waals surface area contributed by atoms with Crippen LogP contribution in [0.25, 0.3) is 0 Å². The molecule has 1 N–H and O–H groups in total. The summed E-state index contributed by atoms with van der Waals surface area (Å²) < 4.78 is 5.38. The van der Waals surface area contributed by atoms with Crippen LogP contribution < -0.4 is 5.32 Å². The van der Waals surface area contributed by atoms with Crippen molar-refractivity contribution in [1.29, 1.82) is 0 Å². The van der Waals surface area contributed by atoms with Crippen molar-refractivity contribution in [1.82, 2.24) is 5.32 Å². The highest BCUT2D eigenvalue weighted by Crippen LogP contribution is 1.88. The molecule has 0 unspecified atom stereocenters. The molecule has 0 spiro atoms. The summed E-state index contributed by atoms with van der Waals surface area (Å²) in [6.45, 7) is 9.92. The van der Waals surface area contributed by atoms with Gasteiger partial charge in [-0.2, -0.15) is 0 Å². The Balaban J connectivity index is 3.15. The molecule has 0 aromatic rings. The van der Waals surface area contributed by atoms with Crippen LogP contribution in [0.5, 0.6) is 0 Å². The zero-order valence-electron chi connectivity index (χ0n) is 11.0. The van der Waals surface area contributed by atoms with E-state index in [1.165, 1.54) is 0 Å². The molecule has 0 saturated carbocycles. The van der Waals surface area contributed by atoms with E-state index in [9.17, 15) is 0 Å². The van der Waals surface area contributed by atoms with Crippen LogP contribution in [0.3, 0.4) is 0 Å². The lowest BCUT2D eigenvalue weighted by molar-refractivity contribution is 0.143. The monoisotopic (exact) mass is 243 g/mol. The summed E-state index contributed by atoms with van der Waals surface area (Å²) in [6.07, 6.45) is 12.2. The second-order valence-corrected chi connectivity index (χ2v) is 3.36. The third-order valence-corrected chi connectivity index (χ3v) is 1.87. The number of ether oxygens (including phenoxy) is 1. The van der Waals surface area contributed by atoms with Gasteiger partial charge in [-0.05, 0) is 31.6 Å². The predicted octanol–water partition coefficient (Wildman–Crippen LogP) is 2.31. The molecule has 0 fully saturated rings. The summed E-state index contributed by atoms with van der Waals surface area (Å²) in [5.41, 5.74) is 2.46. The first-order valence-corrected chi connectivity index (χ1v) is 6.12. The van der Waals surface area contributed by atoms with Gasteiger partial charge in [-0.3, -0.25) is 0 Å². The van der Waals surface area contributed by atoms with Gasteiger partial charge in [-0.15, -0.1) is 11.7 Å². The summed E-state index contributed by atoms with van der Waals surface area (Å²) in [5.74, 6) is 5.86. The van der Waals surface area contributed by atoms with Crippen molar-refractivity contribution >= 4 is 0 Å². The molecule has 0 rings (SSSR count). The molecular weight excluding hydrogens is 222 g/mol. The van der Waals surface area contributed by atoms with Crippen LogP contribution in [0.4, 0.5) is 0 Å². The minimum atomic E-state index is 0.690. The molecule has 2 heteroatoms. The van der Waals surface area contributed by atoms with Gasteiger partial charge in [0.05, 0.1) is 13.2 Å². The van der Waals surface area contributed by atoms with Crippen molar-refractivity contribution in [3.05, 3.63) is 43.4 Å². The Hall–Kier alpha value is -1.26. The van der Waals surface area contributed by atoms with Crippen LogP contribution in [-0.2, 0) is 4.74 Å². The minimum absolute atomic E-state index is 0.690. The molecule has 18 heavy (non-hydrogen) atoms. The molecule has 0 bridgehead atoms. The maximum Gasteiger partial charge on any atom is 0.0575 e. The molecular formula is C16H21NO. The normalized spacial score (nSPS) is 9.83. The molecule has 0 aromatic carbocycles. The van der Waals surface area contributed by atoms with Crippen LogP contribution in [0.15, 0.2) is 17.9 Å².